The fourth-order valence-corrected chi connectivity index (χ4v) is 2.95. The van der Waals surface area contributed by atoms with Crippen molar-refractivity contribution in [2.24, 2.45) is 0 Å². The summed E-state index contributed by atoms with van der Waals surface area (Å²) in [6, 6.07) is 6.84. The topological polar surface area (TPSA) is 78.3 Å². The maximum absolute atomic E-state index is 12.4. The molecule has 1 saturated heterocycles. The highest BCUT2D eigenvalue weighted by Gasteiger charge is 2.22. The number of H-pyrrole nitrogens is 1. The number of rotatable bonds is 4. The van der Waals surface area contributed by atoms with Gasteiger partial charge in [-0.25, -0.2) is 0 Å². The first-order chi connectivity index (χ1) is 11.2. The quantitative estimate of drug-likeness (QED) is 0.902. The van der Waals surface area contributed by atoms with Crippen LogP contribution in [-0.4, -0.2) is 41.5 Å². The van der Waals surface area contributed by atoms with Crippen LogP contribution in [0.2, 0.25) is 0 Å². The number of furan rings is 1. The predicted molar refractivity (Wildman–Crippen MR) is 87.4 cm³/mol. The molecule has 6 nitrogen and oxygen atoms in total. The molecule has 2 N–H and O–H groups in total. The number of hydrogen-bond donors (Lipinski definition) is 2. The molecule has 0 bridgehead atoms. The van der Waals surface area contributed by atoms with Gasteiger partial charge in [-0.05, 0) is 50.2 Å². The van der Waals surface area contributed by atoms with Crippen molar-refractivity contribution in [1.82, 2.24) is 15.2 Å². The Labute approximate surface area is 134 Å². The molecular formula is C17H21N3O3. The third-order valence-electron chi connectivity index (χ3n) is 4.23. The summed E-state index contributed by atoms with van der Waals surface area (Å²) in [6.45, 7) is 5.00. The van der Waals surface area contributed by atoms with Crippen molar-refractivity contribution in [3.05, 3.63) is 46.4 Å². The van der Waals surface area contributed by atoms with Gasteiger partial charge in [0.1, 0.15) is 11.3 Å². The number of aromatic amines is 1. The Balaban J connectivity index is 1.71. The number of carbonyl (C=O) groups is 1. The van der Waals surface area contributed by atoms with Gasteiger partial charge >= 0.3 is 0 Å². The van der Waals surface area contributed by atoms with E-state index in [4.69, 9.17) is 4.42 Å². The number of amides is 1. The maximum Gasteiger partial charge on any atom is 0.261 e. The van der Waals surface area contributed by atoms with Crippen LogP contribution in [-0.2, 0) is 0 Å². The maximum atomic E-state index is 12.4. The van der Waals surface area contributed by atoms with Crippen molar-refractivity contribution >= 4 is 5.91 Å². The number of nitrogens with one attached hydrogen (secondary N) is 2. The van der Waals surface area contributed by atoms with Gasteiger partial charge in [-0.15, -0.1) is 0 Å². The Morgan fingerprint density at radius 1 is 1.43 bits per heavy atom. The van der Waals surface area contributed by atoms with E-state index in [1.165, 1.54) is 6.26 Å². The van der Waals surface area contributed by atoms with Crippen molar-refractivity contribution in [2.45, 2.75) is 25.8 Å². The van der Waals surface area contributed by atoms with Crippen molar-refractivity contribution in [1.29, 1.82) is 0 Å². The number of aromatic nitrogens is 1. The lowest BCUT2D eigenvalue weighted by Crippen LogP contribution is -2.48. The molecule has 0 aliphatic carbocycles. The Bertz CT molecular complexity index is 721. The summed E-state index contributed by atoms with van der Waals surface area (Å²) in [5.74, 6) is 0.250. The van der Waals surface area contributed by atoms with Crippen LogP contribution < -0.4 is 10.9 Å². The van der Waals surface area contributed by atoms with E-state index < -0.39 is 5.56 Å². The van der Waals surface area contributed by atoms with E-state index in [-0.39, 0.29) is 17.5 Å². The van der Waals surface area contributed by atoms with Gasteiger partial charge in [0, 0.05) is 12.6 Å². The molecule has 1 fully saturated rings. The molecular weight excluding hydrogens is 294 g/mol. The minimum absolute atomic E-state index is 0.0975. The zero-order valence-corrected chi connectivity index (χ0v) is 13.2. The van der Waals surface area contributed by atoms with Crippen LogP contribution >= 0.6 is 0 Å². The lowest BCUT2D eigenvalue weighted by atomic mass is 10.1. The Morgan fingerprint density at radius 3 is 3.00 bits per heavy atom. The average Bonchev–Trinajstić information content (AvgIpc) is 3.09. The summed E-state index contributed by atoms with van der Waals surface area (Å²) < 4.78 is 5.24. The molecule has 1 aliphatic heterocycles. The minimum atomic E-state index is -0.403. The van der Waals surface area contributed by atoms with Gasteiger partial charge in [-0.1, -0.05) is 6.92 Å². The summed E-state index contributed by atoms with van der Waals surface area (Å²) >= 11 is 0. The van der Waals surface area contributed by atoms with E-state index in [1.807, 2.05) is 0 Å². The molecule has 1 atom stereocenters. The van der Waals surface area contributed by atoms with E-state index in [1.54, 1.807) is 24.3 Å². The number of carbonyl (C=O) groups excluding carboxylic acids is 1. The average molecular weight is 315 g/mol. The van der Waals surface area contributed by atoms with Gasteiger partial charge in [-0.3, -0.25) is 9.59 Å². The van der Waals surface area contributed by atoms with Gasteiger partial charge < -0.3 is 19.6 Å². The van der Waals surface area contributed by atoms with Gasteiger partial charge in [0.25, 0.3) is 11.5 Å². The number of piperidine rings is 1. The van der Waals surface area contributed by atoms with Crippen LogP contribution in [0, 0.1) is 0 Å². The monoisotopic (exact) mass is 315 g/mol. The zero-order valence-electron chi connectivity index (χ0n) is 13.2. The zero-order chi connectivity index (χ0) is 16.2. The first kappa shape index (κ1) is 15.6. The molecule has 1 aliphatic rings. The van der Waals surface area contributed by atoms with Crippen molar-refractivity contribution < 1.29 is 9.21 Å². The van der Waals surface area contributed by atoms with Crippen LogP contribution in [0.1, 0.15) is 30.1 Å². The van der Waals surface area contributed by atoms with Crippen molar-refractivity contribution in [2.75, 3.05) is 19.6 Å². The normalized spacial score (nSPS) is 18.7. The molecule has 1 amide bonds. The number of likely N-dealkylation sites (tertiary alicyclic amines) is 1. The highest BCUT2D eigenvalue weighted by Crippen LogP contribution is 2.16. The SMILES string of the molecule is CCN1CCCC(NC(=O)c2ccc(-c3ccco3)[nH]c2=O)C1. The fourth-order valence-electron chi connectivity index (χ4n) is 2.95. The second-order valence-corrected chi connectivity index (χ2v) is 5.80. The number of likely N-dealkylation sites (N-methyl/N-ethyl adjacent to an activating group) is 1. The molecule has 6 heteroatoms. The Hall–Kier alpha value is -2.34. The number of pyridine rings is 1. The molecule has 0 radical (unpaired) electrons. The predicted octanol–water partition coefficient (Wildman–Crippen LogP) is 1.85. The number of hydrogen-bond acceptors (Lipinski definition) is 4. The molecule has 2 aromatic heterocycles. The third-order valence-corrected chi connectivity index (χ3v) is 4.23. The van der Waals surface area contributed by atoms with E-state index in [2.05, 4.69) is 22.1 Å². The Kier molecular flexibility index (Phi) is 4.62. The van der Waals surface area contributed by atoms with Crippen LogP contribution in [0.15, 0.2) is 39.7 Å². The molecule has 3 heterocycles. The molecule has 122 valence electrons. The third kappa shape index (κ3) is 3.53. The first-order valence-corrected chi connectivity index (χ1v) is 7.98. The van der Waals surface area contributed by atoms with Gasteiger partial charge in [0.05, 0.1) is 12.0 Å². The van der Waals surface area contributed by atoms with Crippen molar-refractivity contribution in [3.63, 3.8) is 0 Å². The lowest BCUT2D eigenvalue weighted by molar-refractivity contribution is 0.0904. The van der Waals surface area contributed by atoms with Crippen LogP contribution in [0.5, 0.6) is 0 Å². The molecule has 23 heavy (non-hydrogen) atoms. The van der Waals surface area contributed by atoms with Gasteiger partial charge in [0.2, 0.25) is 0 Å². The molecule has 2 aromatic rings. The van der Waals surface area contributed by atoms with E-state index in [0.717, 1.165) is 32.5 Å². The van der Waals surface area contributed by atoms with Crippen LogP contribution in [0.25, 0.3) is 11.5 Å². The number of nitrogens with zero attached hydrogens (tertiary/aromatic N) is 1. The molecule has 3 rings (SSSR count). The molecule has 0 spiro atoms. The van der Waals surface area contributed by atoms with Gasteiger partial charge in [0.15, 0.2) is 0 Å². The Morgan fingerprint density at radius 2 is 2.30 bits per heavy atom. The molecule has 1 unspecified atom stereocenters. The highest BCUT2D eigenvalue weighted by atomic mass is 16.3. The summed E-state index contributed by atoms with van der Waals surface area (Å²) in [5, 5.41) is 2.97. The second kappa shape index (κ2) is 6.83. The molecule has 0 aromatic carbocycles. The van der Waals surface area contributed by atoms with E-state index in [9.17, 15) is 9.59 Å². The standard InChI is InChI=1S/C17H21N3O3/c1-2-20-9-3-5-12(11-20)18-16(21)13-7-8-14(19-17(13)22)15-6-4-10-23-15/h4,6-8,10,12H,2-3,5,9,11H2,1H3,(H,18,21)(H,19,22). The van der Waals surface area contributed by atoms with E-state index in [0.29, 0.717) is 11.5 Å². The largest absolute Gasteiger partial charge is 0.463 e. The van der Waals surface area contributed by atoms with Gasteiger partial charge in [-0.2, -0.15) is 0 Å². The fraction of sp³-hybridized carbons (Fsp3) is 0.412. The summed E-state index contributed by atoms with van der Waals surface area (Å²) in [5.41, 5.74) is 0.292. The van der Waals surface area contributed by atoms with Crippen LogP contribution in [0.4, 0.5) is 0 Å². The minimum Gasteiger partial charge on any atom is -0.463 e. The highest BCUT2D eigenvalue weighted by molar-refractivity contribution is 5.94. The smallest absolute Gasteiger partial charge is 0.261 e. The lowest BCUT2D eigenvalue weighted by Gasteiger charge is -2.32. The summed E-state index contributed by atoms with van der Waals surface area (Å²) in [6.07, 6.45) is 3.55. The molecule has 0 saturated carbocycles. The van der Waals surface area contributed by atoms with E-state index >= 15 is 0 Å². The second-order valence-electron chi connectivity index (χ2n) is 5.80. The summed E-state index contributed by atoms with van der Waals surface area (Å²) in [7, 11) is 0. The summed E-state index contributed by atoms with van der Waals surface area (Å²) in [4.78, 5) is 29.5. The van der Waals surface area contributed by atoms with Crippen molar-refractivity contribution in [3.8, 4) is 11.5 Å². The first-order valence-electron chi connectivity index (χ1n) is 7.98. The van der Waals surface area contributed by atoms with Crippen LogP contribution in [0.3, 0.4) is 0 Å².